The second-order valence-electron chi connectivity index (χ2n) is 14.0. The molecule has 0 radical (unpaired) electrons. The highest BCUT2D eigenvalue weighted by Crippen LogP contribution is 2.71. The van der Waals surface area contributed by atoms with Gasteiger partial charge in [0.1, 0.15) is 11.4 Å². The zero-order valence-electron chi connectivity index (χ0n) is 21.3. The van der Waals surface area contributed by atoms with Crippen LogP contribution in [0.15, 0.2) is 0 Å². The van der Waals surface area contributed by atoms with Crippen molar-refractivity contribution in [1.82, 2.24) is 4.90 Å². The fourth-order valence-electron chi connectivity index (χ4n) is 10.9. The number of nitrogens with zero attached hydrogens (tertiary/aromatic N) is 1. The lowest BCUT2D eigenvalue weighted by Gasteiger charge is -2.62. The molecule has 5 nitrogen and oxygen atoms in total. The molecule has 6 rings (SSSR count). The van der Waals surface area contributed by atoms with Crippen LogP contribution in [0.4, 0.5) is 0 Å². The van der Waals surface area contributed by atoms with Gasteiger partial charge in [0.05, 0.1) is 6.10 Å². The molecular weight excluding hydrogens is 412 g/mol. The van der Waals surface area contributed by atoms with Gasteiger partial charge in [-0.1, -0.05) is 27.7 Å². The molecule has 4 saturated carbocycles. The summed E-state index contributed by atoms with van der Waals surface area (Å²) in [6.45, 7) is 10.6. The largest absolute Gasteiger partial charge is 0.376 e. The SMILES string of the molecule is C[C@H]1CC[C@@]2(O[C@H]3C[C@H]4[C@@H]5CC[C@H]6C[C@@](N)(O)CC[C@]6(C)[C@H]5CC[C@]4(C)[C@H]3[C@@H]2C)N(C=O)C1. The Hall–Kier alpha value is -0.650. The lowest BCUT2D eigenvalue weighted by Crippen LogP contribution is -2.59. The summed E-state index contributed by atoms with van der Waals surface area (Å²) < 4.78 is 7.02. The normalized spacial score (nSPS) is 60.1. The molecule has 5 heteroatoms. The lowest BCUT2D eigenvalue weighted by molar-refractivity contribution is -0.195. The fraction of sp³-hybridized carbons (Fsp3) is 0.964. The van der Waals surface area contributed by atoms with Crippen LogP contribution in [0.2, 0.25) is 0 Å². The number of piperidine rings is 1. The number of ether oxygens (including phenoxy) is 1. The Morgan fingerprint density at radius 1 is 1.00 bits per heavy atom. The first kappa shape index (κ1) is 22.8. The van der Waals surface area contributed by atoms with Crippen LogP contribution in [-0.4, -0.2) is 40.5 Å². The van der Waals surface area contributed by atoms with E-state index in [4.69, 9.17) is 10.5 Å². The summed E-state index contributed by atoms with van der Waals surface area (Å²) in [7, 11) is 0. The van der Waals surface area contributed by atoms with Gasteiger partial charge in [-0.05, 0) is 111 Å². The van der Waals surface area contributed by atoms with E-state index in [1.165, 1.54) is 32.1 Å². The molecule has 2 aliphatic heterocycles. The van der Waals surface area contributed by atoms with Gasteiger partial charge in [-0.25, -0.2) is 0 Å². The van der Waals surface area contributed by atoms with Gasteiger partial charge in [-0.3, -0.25) is 4.79 Å². The molecule has 4 aliphatic carbocycles. The minimum Gasteiger partial charge on any atom is -0.376 e. The van der Waals surface area contributed by atoms with Gasteiger partial charge in [0.2, 0.25) is 6.41 Å². The van der Waals surface area contributed by atoms with Crippen molar-refractivity contribution in [1.29, 1.82) is 0 Å². The molecule has 0 aromatic heterocycles. The molecule has 1 amide bonds. The summed E-state index contributed by atoms with van der Waals surface area (Å²) in [6.07, 6.45) is 12.4. The monoisotopic (exact) mass is 458 g/mol. The highest BCUT2D eigenvalue weighted by Gasteiger charge is 2.69. The second-order valence-corrected chi connectivity index (χ2v) is 14.0. The number of carbonyl (C=O) groups excluding carboxylic acids is 1. The maximum Gasteiger partial charge on any atom is 0.211 e. The van der Waals surface area contributed by atoms with Crippen LogP contribution in [0.1, 0.15) is 91.9 Å². The van der Waals surface area contributed by atoms with Crippen LogP contribution in [0, 0.1) is 52.3 Å². The Morgan fingerprint density at radius 3 is 2.55 bits per heavy atom. The van der Waals surface area contributed by atoms with Crippen LogP contribution in [0.5, 0.6) is 0 Å². The molecule has 0 aromatic carbocycles. The molecule has 186 valence electrons. The van der Waals surface area contributed by atoms with E-state index in [1.807, 2.05) is 4.90 Å². The summed E-state index contributed by atoms with van der Waals surface area (Å²) in [6, 6.07) is 0. The number of aliphatic hydroxyl groups is 1. The molecule has 0 bridgehead atoms. The predicted molar refractivity (Wildman–Crippen MR) is 128 cm³/mol. The number of nitrogens with two attached hydrogens (primary N) is 1. The minimum absolute atomic E-state index is 0.302. The number of carbonyl (C=O) groups is 1. The van der Waals surface area contributed by atoms with Gasteiger partial charge in [-0.15, -0.1) is 0 Å². The zero-order valence-corrected chi connectivity index (χ0v) is 21.3. The topological polar surface area (TPSA) is 75.8 Å². The molecular formula is C28H46N2O3. The molecule has 2 heterocycles. The molecule has 6 fully saturated rings. The van der Waals surface area contributed by atoms with Crippen molar-refractivity contribution >= 4 is 6.41 Å². The van der Waals surface area contributed by atoms with Crippen molar-refractivity contribution in [2.75, 3.05) is 6.54 Å². The molecule has 1 spiro atoms. The molecule has 0 unspecified atom stereocenters. The van der Waals surface area contributed by atoms with Crippen molar-refractivity contribution < 1.29 is 14.6 Å². The van der Waals surface area contributed by atoms with Gasteiger partial charge in [0.25, 0.3) is 0 Å². The third kappa shape index (κ3) is 2.97. The van der Waals surface area contributed by atoms with E-state index in [0.29, 0.717) is 40.6 Å². The van der Waals surface area contributed by atoms with E-state index in [0.717, 1.165) is 62.8 Å². The van der Waals surface area contributed by atoms with Crippen molar-refractivity contribution in [3.05, 3.63) is 0 Å². The van der Waals surface area contributed by atoms with Crippen molar-refractivity contribution in [2.45, 2.75) is 109 Å². The highest BCUT2D eigenvalue weighted by molar-refractivity contribution is 5.49. The van der Waals surface area contributed by atoms with E-state index < -0.39 is 5.72 Å². The Bertz CT molecular complexity index is 817. The number of rotatable bonds is 1. The van der Waals surface area contributed by atoms with E-state index in [1.54, 1.807) is 0 Å². The third-order valence-electron chi connectivity index (χ3n) is 12.6. The predicted octanol–water partition coefficient (Wildman–Crippen LogP) is 4.52. The Balaban J connectivity index is 1.27. The quantitative estimate of drug-likeness (QED) is 0.447. The number of hydrogen-bond donors (Lipinski definition) is 2. The van der Waals surface area contributed by atoms with Gasteiger partial charge in [-0.2, -0.15) is 0 Å². The molecule has 3 N–H and O–H groups in total. The van der Waals surface area contributed by atoms with Crippen LogP contribution < -0.4 is 5.73 Å². The van der Waals surface area contributed by atoms with E-state index in [2.05, 4.69) is 27.7 Å². The first-order valence-corrected chi connectivity index (χ1v) is 14.0. The Morgan fingerprint density at radius 2 is 1.79 bits per heavy atom. The van der Waals surface area contributed by atoms with E-state index in [9.17, 15) is 9.90 Å². The smallest absolute Gasteiger partial charge is 0.211 e. The number of hydrogen-bond acceptors (Lipinski definition) is 4. The van der Waals surface area contributed by atoms with Gasteiger partial charge < -0.3 is 20.5 Å². The molecule has 0 aromatic rings. The standard InChI is InChI=1S/C28H46N2O3/c1-17-7-10-28(30(15-17)16-31)18(2)24-23(33-28)13-22-20-6-5-19-14-27(29,32)12-11-25(19,3)21(20)8-9-26(22,24)4/h16-24,32H,5-15,29H2,1-4H3/t17-,18-,19-,20+,21-,22-,23-,24-,25-,26-,27-,28-/m0/s1. The van der Waals surface area contributed by atoms with Crippen LogP contribution in [0.3, 0.4) is 0 Å². The van der Waals surface area contributed by atoms with Gasteiger partial charge >= 0.3 is 0 Å². The summed E-state index contributed by atoms with van der Waals surface area (Å²) in [5, 5.41) is 10.6. The lowest BCUT2D eigenvalue weighted by atomic mass is 9.44. The van der Waals surface area contributed by atoms with Crippen molar-refractivity contribution in [3.63, 3.8) is 0 Å². The van der Waals surface area contributed by atoms with Crippen LogP contribution in [0.25, 0.3) is 0 Å². The van der Waals surface area contributed by atoms with Crippen LogP contribution >= 0.6 is 0 Å². The number of fused-ring (bicyclic) bond motifs is 7. The number of likely N-dealkylation sites (tertiary alicyclic amines) is 1. The molecule has 12 atom stereocenters. The molecule has 2 saturated heterocycles. The zero-order chi connectivity index (χ0) is 23.4. The summed E-state index contributed by atoms with van der Waals surface area (Å²) in [5.74, 6) is 4.36. The van der Waals surface area contributed by atoms with E-state index in [-0.39, 0.29) is 5.72 Å². The van der Waals surface area contributed by atoms with Crippen molar-refractivity contribution in [3.8, 4) is 0 Å². The third-order valence-corrected chi connectivity index (χ3v) is 12.6. The first-order chi connectivity index (χ1) is 15.5. The highest BCUT2D eigenvalue weighted by atomic mass is 16.5. The first-order valence-electron chi connectivity index (χ1n) is 14.0. The maximum absolute atomic E-state index is 12.1. The second kappa shape index (κ2) is 7.20. The summed E-state index contributed by atoms with van der Waals surface area (Å²) in [5.41, 5.74) is 5.53. The fourth-order valence-corrected chi connectivity index (χ4v) is 10.9. The number of amides is 1. The van der Waals surface area contributed by atoms with Crippen LogP contribution in [-0.2, 0) is 9.53 Å². The Kier molecular flexibility index (Phi) is 4.97. The average molecular weight is 459 g/mol. The van der Waals surface area contributed by atoms with Gasteiger partial charge in [0, 0.05) is 12.5 Å². The molecule has 6 aliphatic rings. The van der Waals surface area contributed by atoms with Crippen molar-refractivity contribution in [2.24, 2.45) is 58.0 Å². The van der Waals surface area contributed by atoms with Gasteiger partial charge in [0.15, 0.2) is 0 Å². The summed E-state index contributed by atoms with van der Waals surface area (Å²) >= 11 is 0. The Labute approximate surface area is 200 Å². The summed E-state index contributed by atoms with van der Waals surface area (Å²) in [4.78, 5) is 14.2. The average Bonchev–Trinajstić information content (AvgIpc) is 3.21. The van der Waals surface area contributed by atoms with E-state index >= 15 is 0 Å². The molecule has 33 heavy (non-hydrogen) atoms. The minimum atomic E-state index is -0.954. The maximum atomic E-state index is 12.1.